The van der Waals surface area contributed by atoms with Crippen LogP contribution in [0.1, 0.15) is 19.3 Å². The first-order valence-corrected chi connectivity index (χ1v) is 7.71. The molecule has 0 radical (unpaired) electrons. The molecular weight excluding hydrogens is 271 g/mol. The third-order valence-corrected chi connectivity index (χ3v) is 4.42. The number of halogens is 1. The molecule has 19 heavy (non-hydrogen) atoms. The number of carbonyl (C=O) groups is 1. The molecule has 1 aliphatic rings. The smallest absolute Gasteiger partial charge is 0.244 e. The predicted octanol–water partition coefficient (Wildman–Crippen LogP) is 1.05. The lowest BCUT2D eigenvalue weighted by molar-refractivity contribution is -0.123. The van der Waals surface area contributed by atoms with Gasteiger partial charge in [-0.05, 0) is 37.5 Å². The van der Waals surface area contributed by atoms with Crippen LogP contribution in [0.25, 0.3) is 0 Å². The first-order valence-electron chi connectivity index (χ1n) is 5.82. The van der Waals surface area contributed by atoms with Crippen molar-refractivity contribution in [2.75, 3.05) is 11.6 Å². The lowest BCUT2D eigenvalue weighted by Gasteiger charge is -2.36. The lowest BCUT2D eigenvalue weighted by atomic mass is 9.77. The second-order valence-electron chi connectivity index (χ2n) is 4.88. The summed E-state index contributed by atoms with van der Waals surface area (Å²) in [6, 6.07) is 3.27. The van der Waals surface area contributed by atoms with Crippen LogP contribution in [0.2, 0.25) is 0 Å². The summed E-state index contributed by atoms with van der Waals surface area (Å²) in [4.78, 5) is 11.8. The van der Waals surface area contributed by atoms with E-state index >= 15 is 0 Å². The van der Waals surface area contributed by atoms with Gasteiger partial charge in [0, 0.05) is 6.26 Å². The molecule has 0 unspecified atom stereocenters. The molecule has 3 N–H and O–H groups in total. The Balaban J connectivity index is 2.27. The minimum absolute atomic E-state index is 0.0520. The number of hydrogen-bond acceptors (Lipinski definition) is 4. The van der Waals surface area contributed by atoms with Gasteiger partial charge in [-0.3, -0.25) is 4.79 Å². The molecule has 0 heterocycles. The molecule has 1 aliphatic carbocycles. The third-order valence-electron chi connectivity index (χ3n) is 3.31. The summed E-state index contributed by atoms with van der Waals surface area (Å²) in [5.74, 6) is -1.17. The minimum atomic E-state index is -3.45. The van der Waals surface area contributed by atoms with Gasteiger partial charge in [0.2, 0.25) is 5.91 Å². The van der Waals surface area contributed by atoms with Gasteiger partial charge in [0.1, 0.15) is 5.82 Å². The number of sulfone groups is 1. The standard InChI is InChI=1S/C12H15FN2O3S/c1-19(17,18)8-3-4-9(13)10(7-8)15-11(16)12(14)5-2-6-12/h3-4,7H,2,5-6,14H2,1H3,(H,15,16). The van der Waals surface area contributed by atoms with E-state index in [0.29, 0.717) is 12.8 Å². The maximum Gasteiger partial charge on any atom is 0.244 e. The van der Waals surface area contributed by atoms with Gasteiger partial charge < -0.3 is 11.1 Å². The van der Waals surface area contributed by atoms with Crippen LogP contribution in [0.3, 0.4) is 0 Å². The molecule has 1 aromatic rings. The highest BCUT2D eigenvalue weighted by Gasteiger charge is 2.40. The van der Waals surface area contributed by atoms with Gasteiger partial charge >= 0.3 is 0 Å². The van der Waals surface area contributed by atoms with Crippen LogP contribution in [0, 0.1) is 5.82 Å². The summed E-state index contributed by atoms with van der Waals surface area (Å²) < 4.78 is 36.4. The molecule has 0 aromatic heterocycles. The fraction of sp³-hybridized carbons (Fsp3) is 0.417. The Morgan fingerprint density at radius 1 is 1.42 bits per heavy atom. The number of rotatable bonds is 3. The maximum atomic E-state index is 13.6. The summed E-state index contributed by atoms with van der Waals surface area (Å²) in [5, 5.41) is 2.36. The summed E-state index contributed by atoms with van der Waals surface area (Å²) in [5.41, 5.74) is 4.69. The van der Waals surface area contributed by atoms with Gasteiger partial charge in [-0.15, -0.1) is 0 Å². The highest BCUT2D eigenvalue weighted by molar-refractivity contribution is 7.90. The van der Waals surface area contributed by atoms with E-state index in [-0.39, 0.29) is 10.6 Å². The van der Waals surface area contributed by atoms with E-state index < -0.39 is 27.1 Å². The molecule has 1 fully saturated rings. The van der Waals surface area contributed by atoms with Gasteiger partial charge in [-0.1, -0.05) is 0 Å². The van der Waals surface area contributed by atoms with Crippen LogP contribution in [0.15, 0.2) is 23.1 Å². The number of carbonyl (C=O) groups excluding carboxylic acids is 1. The molecule has 0 spiro atoms. The molecule has 2 rings (SSSR count). The van der Waals surface area contributed by atoms with E-state index in [1.165, 1.54) is 0 Å². The average molecular weight is 286 g/mol. The number of anilines is 1. The van der Waals surface area contributed by atoms with E-state index in [1.807, 2.05) is 0 Å². The Kier molecular flexibility index (Phi) is 3.36. The molecule has 104 valence electrons. The van der Waals surface area contributed by atoms with E-state index in [1.54, 1.807) is 0 Å². The fourth-order valence-electron chi connectivity index (χ4n) is 1.86. The van der Waals surface area contributed by atoms with E-state index in [2.05, 4.69) is 5.32 Å². The van der Waals surface area contributed by atoms with Crippen LogP contribution in [-0.4, -0.2) is 26.1 Å². The van der Waals surface area contributed by atoms with Crippen molar-refractivity contribution in [1.29, 1.82) is 0 Å². The molecule has 1 aromatic carbocycles. The van der Waals surface area contributed by atoms with Gasteiger partial charge in [0.25, 0.3) is 0 Å². The summed E-state index contributed by atoms with van der Waals surface area (Å²) in [6.45, 7) is 0. The maximum absolute atomic E-state index is 13.6. The van der Waals surface area contributed by atoms with Crippen molar-refractivity contribution in [3.05, 3.63) is 24.0 Å². The second-order valence-corrected chi connectivity index (χ2v) is 6.89. The SMILES string of the molecule is CS(=O)(=O)c1ccc(F)c(NC(=O)C2(N)CCC2)c1. The first kappa shape index (κ1) is 14.0. The molecular formula is C12H15FN2O3S. The highest BCUT2D eigenvalue weighted by atomic mass is 32.2. The molecule has 0 aliphatic heterocycles. The highest BCUT2D eigenvalue weighted by Crippen LogP contribution is 2.31. The zero-order valence-electron chi connectivity index (χ0n) is 10.4. The Morgan fingerprint density at radius 2 is 2.05 bits per heavy atom. The molecule has 1 saturated carbocycles. The van der Waals surface area contributed by atoms with Crippen molar-refractivity contribution in [2.24, 2.45) is 5.73 Å². The summed E-state index contributed by atoms with van der Waals surface area (Å²) in [6.07, 6.45) is 2.97. The van der Waals surface area contributed by atoms with Crippen molar-refractivity contribution in [3.63, 3.8) is 0 Å². The average Bonchev–Trinajstić information content (AvgIpc) is 2.27. The first-order chi connectivity index (χ1) is 8.72. The van der Waals surface area contributed by atoms with Crippen molar-refractivity contribution < 1.29 is 17.6 Å². The van der Waals surface area contributed by atoms with Gasteiger partial charge in [0.15, 0.2) is 9.84 Å². The van der Waals surface area contributed by atoms with Gasteiger partial charge in [-0.25, -0.2) is 12.8 Å². The van der Waals surface area contributed by atoms with Crippen LogP contribution in [-0.2, 0) is 14.6 Å². The van der Waals surface area contributed by atoms with E-state index in [0.717, 1.165) is 30.9 Å². The largest absolute Gasteiger partial charge is 0.322 e. The number of nitrogens with one attached hydrogen (secondary N) is 1. The number of nitrogens with two attached hydrogens (primary N) is 1. The Labute approximate surface area is 110 Å². The van der Waals surface area contributed by atoms with Crippen LogP contribution in [0.5, 0.6) is 0 Å². The molecule has 7 heteroatoms. The normalized spacial score (nSPS) is 17.6. The van der Waals surface area contributed by atoms with Gasteiger partial charge in [0.05, 0.1) is 16.1 Å². The molecule has 1 amide bonds. The predicted molar refractivity (Wildman–Crippen MR) is 68.9 cm³/mol. The minimum Gasteiger partial charge on any atom is -0.322 e. The van der Waals surface area contributed by atoms with Crippen LogP contribution < -0.4 is 11.1 Å². The van der Waals surface area contributed by atoms with E-state index in [4.69, 9.17) is 5.73 Å². The molecule has 0 atom stereocenters. The van der Waals surface area contributed by atoms with Crippen molar-refractivity contribution in [2.45, 2.75) is 29.7 Å². The van der Waals surface area contributed by atoms with Crippen molar-refractivity contribution in [1.82, 2.24) is 0 Å². The molecule has 0 saturated heterocycles. The Hall–Kier alpha value is -1.47. The number of hydrogen-bond donors (Lipinski definition) is 2. The number of amides is 1. The van der Waals surface area contributed by atoms with Crippen LogP contribution >= 0.6 is 0 Å². The van der Waals surface area contributed by atoms with Crippen molar-refractivity contribution in [3.8, 4) is 0 Å². The van der Waals surface area contributed by atoms with E-state index in [9.17, 15) is 17.6 Å². The molecule has 5 nitrogen and oxygen atoms in total. The zero-order chi connectivity index (χ0) is 14.3. The monoisotopic (exact) mass is 286 g/mol. The molecule has 0 bridgehead atoms. The van der Waals surface area contributed by atoms with Crippen LogP contribution in [0.4, 0.5) is 10.1 Å². The van der Waals surface area contributed by atoms with Gasteiger partial charge in [-0.2, -0.15) is 0 Å². The fourth-order valence-corrected chi connectivity index (χ4v) is 2.51. The van der Waals surface area contributed by atoms with Crippen molar-refractivity contribution >= 4 is 21.4 Å². The topological polar surface area (TPSA) is 89.3 Å². The second kappa shape index (κ2) is 4.57. The Bertz CT molecular complexity index is 624. The number of benzene rings is 1. The lowest BCUT2D eigenvalue weighted by Crippen LogP contribution is -2.56. The zero-order valence-corrected chi connectivity index (χ0v) is 11.3. The Morgan fingerprint density at radius 3 is 2.53 bits per heavy atom. The third kappa shape index (κ3) is 2.76. The summed E-state index contributed by atoms with van der Waals surface area (Å²) >= 11 is 0. The summed E-state index contributed by atoms with van der Waals surface area (Å²) in [7, 11) is -3.45. The quantitative estimate of drug-likeness (QED) is 0.813.